The second-order valence-corrected chi connectivity index (χ2v) is 9.88. The van der Waals surface area contributed by atoms with Gasteiger partial charge in [0.15, 0.2) is 0 Å². The highest BCUT2D eigenvalue weighted by Crippen LogP contribution is 2.53. The first-order valence-electron chi connectivity index (χ1n) is 6.78. The zero-order valence-corrected chi connectivity index (χ0v) is 12.6. The van der Waals surface area contributed by atoms with Crippen LogP contribution in [0.4, 0.5) is 0 Å². The first-order chi connectivity index (χ1) is 7.37. The lowest BCUT2D eigenvalue weighted by Gasteiger charge is -2.34. The van der Waals surface area contributed by atoms with Crippen molar-refractivity contribution in [1.82, 2.24) is 4.98 Å². The van der Waals surface area contributed by atoms with E-state index in [2.05, 4.69) is 46.1 Å². The summed E-state index contributed by atoms with van der Waals surface area (Å²) in [5.41, 5.74) is 0.780. The molecule has 0 amide bonds. The fraction of sp³-hybridized carbons (Fsp3) is 1.00. The number of hydrogen-bond acceptors (Lipinski definition) is 2. The van der Waals surface area contributed by atoms with Gasteiger partial charge in [0.25, 0.3) is 8.48 Å². The summed E-state index contributed by atoms with van der Waals surface area (Å²) in [7, 11) is -1.68. The van der Waals surface area contributed by atoms with Crippen LogP contribution in [0.1, 0.15) is 34.6 Å². The van der Waals surface area contributed by atoms with Gasteiger partial charge < -0.3 is 9.41 Å². The van der Waals surface area contributed by atoms with E-state index in [1.807, 2.05) is 0 Å². The van der Waals surface area contributed by atoms with Gasteiger partial charge in [-0.05, 0) is 42.7 Å². The minimum Gasteiger partial charge on any atom is -0.401 e. The highest BCUT2D eigenvalue weighted by Gasteiger charge is 2.55. The Balaban J connectivity index is 2.21. The molecule has 3 heteroatoms. The normalized spacial score (nSPS) is 58.1. The Hall–Kier alpha value is 0.137. The molecule has 1 saturated carbocycles. The van der Waals surface area contributed by atoms with Crippen molar-refractivity contribution >= 4 is 8.48 Å². The SMILES string of the molecule is CC1CO[Si](C)(C2C(C)C(C)C(C)C2C)N1. The van der Waals surface area contributed by atoms with Gasteiger partial charge in [-0.3, -0.25) is 0 Å². The van der Waals surface area contributed by atoms with Crippen LogP contribution in [0.3, 0.4) is 0 Å². The second kappa shape index (κ2) is 4.11. The quantitative estimate of drug-likeness (QED) is 0.713. The van der Waals surface area contributed by atoms with E-state index in [1.165, 1.54) is 0 Å². The Bertz CT molecular complexity index is 259. The van der Waals surface area contributed by atoms with Crippen LogP contribution in [0.15, 0.2) is 0 Å². The molecule has 2 rings (SSSR count). The summed E-state index contributed by atoms with van der Waals surface area (Å²) in [6, 6.07) is 0.558. The Labute approximate surface area is 101 Å². The van der Waals surface area contributed by atoms with E-state index in [1.54, 1.807) is 0 Å². The highest BCUT2D eigenvalue weighted by molar-refractivity contribution is 6.72. The lowest BCUT2D eigenvalue weighted by atomic mass is 9.92. The molecule has 2 nitrogen and oxygen atoms in total. The van der Waals surface area contributed by atoms with Crippen LogP contribution in [0, 0.1) is 23.7 Å². The molecule has 2 aliphatic rings. The van der Waals surface area contributed by atoms with E-state index in [9.17, 15) is 0 Å². The zero-order valence-electron chi connectivity index (χ0n) is 11.6. The van der Waals surface area contributed by atoms with Gasteiger partial charge in [0, 0.05) is 12.6 Å². The summed E-state index contributed by atoms with van der Waals surface area (Å²) in [5.74, 6) is 3.29. The first-order valence-corrected chi connectivity index (χ1v) is 9.27. The molecule has 16 heavy (non-hydrogen) atoms. The summed E-state index contributed by atoms with van der Waals surface area (Å²) in [4.78, 5) is 3.79. The maximum absolute atomic E-state index is 6.20. The van der Waals surface area contributed by atoms with Crippen LogP contribution in [0.25, 0.3) is 0 Å². The molecule has 0 bridgehead atoms. The van der Waals surface area contributed by atoms with E-state index < -0.39 is 8.48 Å². The van der Waals surface area contributed by atoms with Crippen molar-refractivity contribution in [3.8, 4) is 0 Å². The summed E-state index contributed by atoms with van der Waals surface area (Å²) in [6.45, 7) is 15.3. The average Bonchev–Trinajstić information content (AvgIpc) is 2.64. The smallest absolute Gasteiger partial charge is 0.269 e. The van der Waals surface area contributed by atoms with Crippen LogP contribution in [0.2, 0.25) is 12.1 Å². The van der Waals surface area contributed by atoms with Gasteiger partial charge in [0.05, 0.1) is 0 Å². The lowest BCUT2D eigenvalue weighted by molar-refractivity contribution is 0.309. The molecule has 1 heterocycles. The van der Waals surface area contributed by atoms with Gasteiger partial charge in [-0.2, -0.15) is 0 Å². The third-order valence-corrected chi connectivity index (χ3v) is 9.58. The third kappa shape index (κ3) is 1.77. The Morgan fingerprint density at radius 1 is 0.938 bits per heavy atom. The molecule has 0 spiro atoms. The van der Waals surface area contributed by atoms with Crippen molar-refractivity contribution in [3.05, 3.63) is 0 Å². The lowest BCUT2D eigenvalue weighted by Crippen LogP contribution is -2.52. The standard InChI is InChI=1S/C13H27NOSi/c1-8-7-15-16(6,14-8)13-11(4)9(2)10(3)12(13)5/h8-14H,7H2,1-6H3. The predicted molar refractivity (Wildman–Crippen MR) is 70.6 cm³/mol. The van der Waals surface area contributed by atoms with Crippen molar-refractivity contribution in [3.63, 3.8) is 0 Å². The van der Waals surface area contributed by atoms with E-state index in [0.717, 1.165) is 35.8 Å². The van der Waals surface area contributed by atoms with Crippen LogP contribution in [-0.4, -0.2) is 21.1 Å². The number of nitrogens with one attached hydrogen (secondary N) is 1. The Morgan fingerprint density at radius 2 is 1.44 bits per heavy atom. The minimum atomic E-state index is -1.68. The molecular weight excluding hydrogens is 214 g/mol. The van der Waals surface area contributed by atoms with Gasteiger partial charge in [-0.1, -0.05) is 27.7 Å². The Morgan fingerprint density at radius 3 is 1.81 bits per heavy atom. The highest BCUT2D eigenvalue weighted by atomic mass is 28.4. The van der Waals surface area contributed by atoms with Gasteiger partial charge in [0.2, 0.25) is 0 Å². The van der Waals surface area contributed by atoms with Gasteiger partial charge in [0.1, 0.15) is 0 Å². The molecule has 0 aromatic rings. The molecule has 0 aromatic heterocycles. The van der Waals surface area contributed by atoms with Crippen LogP contribution in [-0.2, 0) is 4.43 Å². The molecule has 6 unspecified atom stereocenters. The maximum Gasteiger partial charge on any atom is 0.269 e. The minimum absolute atomic E-state index is 0.558. The van der Waals surface area contributed by atoms with E-state index >= 15 is 0 Å². The first kappa shape index (κ1) is 12.6. The summed E-state index contributed by atoms with van der Waals surface area (Å²) in [6.07, 6.45) is 0. The number of rotatable bonds is 1. The largest absolute Gasteiger partial charge is 0.401 e. The summed E-state index contributed by atoms with van der Waals surface area (Å²) >= 11 is 0. The molecule has 1 saturated heterocycles. The van der Waals surface area contributed by atoms with Crippen molar-refractivity contribution in [2.45, 2.75) is 52.7 Å². The van der Waals surface area contributed by atoms with Crippen molar-refractivity contribution in [2.24, 2.45) is 23.7 Å². The molecular formula is C13H27NOSi. The molecule has 0 radical (unpaired) electrons. The molecule has 1 aliphatic carbocycles. The number of hydrogen-bond donors (Lipinski definition) is 1. The zero-order chi connectivity index (χ0) is 12.1. The van der Waals surface area contributed by atoms with Crippen LogP contribution < -0.4 is 4.98 Å². The van der Waals surface area contributed by atoms with Gasteiger partial charge in [-0.15, -0.1) is 0 Å². The summed E-state index contributed by atoms with van der Waals surface area (Å²) < 4.78 is 6.20. The second-order valence-electron chi connectivity index (χ2n) is 6.43. The fourth-order valence-corrected chi connectivity index (χ4v) is 8.90. The third-order valence-electron chi connectivity index (χ3n) is 5.42. The van der Waals surface area contributed by atoms with E-state index in [0.29, 0.717) is 6.04 Å². The molecule has 2 fully saturated rings. The van der Waals surface area contributed by atoms with Crippen LogP contribution >= 0.6 is 0 Å². The van der Waals surface area contributed by atoms with Crippen molar-refractivity contribution in [1.29, 1.82) is 0 Å². The monoisotopic (exact) mass is 241 g/mol. The van der Waals surface area contributed by atoms with Gasteiger partial charge in [-0.25, -0.2) is 0 Å². The van der Waals surface area contributed by atoms with Crippen LogP contribution in [0.5, 0.6) is 0 Å². The van der Waals surface area contributed by atoms with Crippen molar-refractivity contribution < 1.29 is 4.43 Å². The van der Waals surface area contributed by atoms with E-state index in [4.69, 9.17) is 4.43 Å². The summed E-state index contributed by atoms with van der Waals surface area (Å²) in [5, 5.41) is 0. The van der Waals surface area contributed by atoms with Gasteiger partial charge >= 0.3 is 0 Å². The molecule has 1 aliphatic heterocycles. The molecule has 1 N–H and O–H groups in total. The maximum atomic E-state index is 6.20. The van der Waals surface area contributed by atoms with Crippen molar-refractivity contribution in [2.75, 3.05) is 6.61 Å². The van der Waals surface area contributed by atoms with E-state index in [-0.39, 0.29) is 0 Å². The molecule has 6 atom stereocenters. The fourth-order valence-electron chi connectivity index (χ4n) is 4.16. The topological polar surface area (TPSA) is 21.3 Å². The Kier molecular flexibility index (Phi) is 3.23. The predicted octanol–water partition coefficient (Wildman–Crippen LogP) is 2.99. The average molecular weight is 241 g/mol. The molecule has 94 valence electrons. The molecule has 0 aromatic carbocycles.